The quantitative estimate of drug-likeness (QED) is 0.725. The standard InChI is InChI=1S/C16H16N2O2/c1-17-12-6-4-5-7-13(12)18(2)16(17)11-8-9-14(19)15(10-11)20-3/h4-10H,1-3H3/p+1. The van der Waals surface area contributed by atoms with Crippen molar-refractivity contribution in [3.8, 4) is 22.9 Å². The first kappa shape index (κ1) is 12.5. The highest BCUT2D eigenvalue weighted by Gasteiger charge is 2.22. The van der Waals surface area contributed by atoms with Crippen molar-refractivity contribution in [1.82, 2.24) is 4.57 Å². The van der Waals surface area contributed by atoms with Gasteiger partial charge in [0.1, 0.15) is 0 Å². The van der Waals surface area contributed by atoms with E-state index in [2.05, 4.69) is 21.3 Å². The van der Waals surface area contributed by atoms with E-state index in [0.717, 1.165) is 22.4 Å². The number of nitrogens with zero attached hydrogens (tertiary/aromatic N) is 2. The first-order valence-electron chi connectivity index (χ1n) is 6.44. The van der Waals surface area contributed by atoms with Crippen molar-refractivity contribution >= 4 is 11.0 Å². The summed E-state index contributed by atoms with van der Waals surface area (Å²) in [6.45, 7) is 0. The van der Waals surface area contributed by atoms with Crippen LogP contribution in [0, 0.1) is 0 Å². The van der Waals surface area contributed by atoms with Crippen LogP contribution in [0.2, 0.25) is 0 Å². The molecule has 4 heteroatoms. The summed E-state index contributed by atoms with van der Waals surface area (Å²) in [4.78, 5) is 0. The van der Waals surface area contributed by atoms with Crippen LogP contribution < -0.4 is 9.30 Å². The minimum Gasteiger partial charge on any atom is -0.504 e. The van der Waals surface area contributed by atoms with Crippen LogP contribution in [0.1, 0.15) is 0 Å². The second-order valence-electron chi connectivity index (χ2n) is 4.82. The maximum absolute atomic E-state index is 9.72. The van der Waals surface area contributed by atoms with E-state index in [1.807, 2.05) is 38.4 Å². The third kappa shape index (κ3) is 1.72. The van der Waals surface area contributed by atoms with Crippen molar-refractivity contribution < 1.29 is 14.4 Å². The fraction of sp³-hybridized carbons (Fsp3) is 0.188. The second-order valence-corrected chi connectivity index (χ2v) is 4.82. The molecule has 2 aromatic carbocycles. The van der Waals surface area contributed by atoms with Crippen LogP contribution >= 0.6 is 0 Å². The summed E-state index contributed by atoms with van der Waals surface area (Å²) in [5.41, 5.74) is 3.33. The highest BCUT2D eigenvalue weighted by atomic mass is 16.5. The van der Waals surface area contributed by atoms with Crippen LogP contribution in [0.5, 0.6) is 11.5 Å². The van der Waals surface area contributed by atoms with Crippen LogP contribution in [0.4, 0.5) is 0 Å². The highest BCUT2D eigenvalue weighted by Crippen LogP contribution is 2.31. The molecule has 4 nitrogen and oxygen atoms in total. The molecule has 0 aliphatic rings. The van der Waals surface area contributed by atoms with Crippen LogP contribution in [0.15, 0.2) is 42.5 Å². The number of benzene rings is 2. The second kappa shape index (κ2) is 4.56. The van der Waals surface area contributed by atoms with Gasteiger partial charge in [-0.1, -0.05) is 12.1 Å². The summed E-state index contributed by atoms with van der Waals surface area (Å²) in [7, 11) is 5.63. The van der Waals surface area contributed by atoms with Gasteiger partial charge < -0.3 is 9.84 Å². The van der Waals surface area contributed by atoms with Crippen molar-refractivity contribution in [2.75, 3.05) is 7.11 Å². The largest absolute Gasteiger partial charge is 0.504 e. The molecule has 1 aromatic heterocycles. The number of fused-ring (bicyclic) bond motifs is 1. The number of rotatable bonds is 2. The molecule has 20 heavy (non-hydrogen) atoms. The summed E-state index contributed by atoms with van der Waals surface area (Å²) >= 11 is 0. The van der Waals surface area contributed by atoms with Crippen LogP contribution in [0.3, 0.4) is 0 Å². The lowest BCUT2D eigenvalue weighted by molar-refractivity contribution is -0.634. The molecule has 0 aliphatic heterocycles. The van der Waals surface area contributed by atoms with E-state index in [4.69, 9.17) is 4.74 Å². The number of phenols is 1. The molecule has 0 spiro atoms. The van der Waals surface area contributed by atoms with E-state index in [9.17, 15) is 5.11 Å². The van der Waals surface area contributed by atoms with Gasteiger partial charge in [-0.25, -0.2) is 9.13 Å². The molecule has 0 saturated carbocycles. The molecule has 0 atom stereocenters. The van der Waals surface area contributed by atoms with E-state index in [1.54, 1.807) is 13.2 Å². The minimum absolute atomic E-state index is 0.151. The average Bonchev–Trinajstić information content (AvgIpc) is 2.72. The Morgan fingerprint density at radius 3 is 2.60 bits per heavy atom. The molecule has 0 radical (unpaired) electrons. The average molecular weight is 269 g/mol. The SMILES string of the molecule is COc1cc(-c2n(C)c3ccccc3[n+]2C)ccc1O. The zero-order valence-corrected chi connectivity index (χ0v) is 11.8. The van der Waals surface area contributed by atoms with Crippen molar-refractivity contribution in [3.05, 3.63) is 42.5 Å². The molecule has 3 rings (SSSR count). The number of hydrogen-bond donors (Lipinski definition) is 1. The fourth-order valence-corrected chi connectivity index (χ4v) is 2.69. The Morgan fingerprint density at radius 1 is 1.15 bits per heavy atom. The Morgan fingerprint density at radius 2 is 1.90 bits per heavy atom. The molecule has 0 unspecified atom stereocenters. The van der Waals surface area contributed by atoms with Gasteiger partial charge in [-0.3, -0.25) is 0 Å². The van der Waals surface area contributed by atoms with Gasteiger partial charge >= 0.3 is 0 Å². The van der Waals surface area contributed by atoms with E-state index in [-0.39, 0.29) is 5.75 Å². The van der Waals surface area contributed by atoms with Crippen LogP contribution in [-0.2, 0) is 14.1 Å². The number of methoxy groups -OCH3 is 1. The van der Waals surface area contributed by atoms with Gasteiger partial charge in [0.05, 0.1) is 26.8 Å². The topological polar surface area (TPSA) is 38.3 Å². The number of para-hydroxylation sites is 2. The van der Waals surface area contributed by atoms with Gasteiger partial charge in [0, 0.05) is 0 Å². The zero-order chi connectivity index (χ0) is 14.3. The summed E-state index contributed by atoms with van der Waals surface area (Å²) in [5.74, 6) is 1.69. The lowest BCUT2D eigenvalue weighted by Gasteiger charge is -2.05. The number of hydrogen-bond acceptors (Lipinski definition) is 2. The van der Waals surface area contributed by atoms with Gasteiger partial charge in [-0.2, -0.15) is 0 Å². The molecule has 3 aromatic rings. The van der Waals surface area contributed by atoms with Gasteiger partial charge in [0.2, 0.25) is 0 Å². The van der Waals surface area contributed by atoms with Crippen molar-refractivity contribution in [3.63, 3.8) is 0 Å². The highest BCUT2D eigenvalue weighted by molar-refractivity contribution is 5.76. The Kier molecular flexibility index (Phi) is 2.86. The Balaban J connectivity index is 2.29. The first-order chi connectivity index (χ1) is 9.63. The number of ether oxygens (including phenoxy) is 1. The normalized spacial score (nSPS) is 10.9. The predicted molar refractivity (Wildman–Crippen MR) is 77.7 cm³/mol. The third-order valence-corrected chi connectivity index (χ3v) is 3.68. The molecule has 0 fully saturated rings. The number of imidazole rings is 1. The molecular formula is C16H17N2O2+. The van der Waals surface area contributed by atoms with Crippen molar-refractivity contribution in [2.24, 2.45) is 14.1 Å². The zero-order valence-electron chi connectivity index (χ0n) is 11.8. The number of aryl methyl sites for hydroxylation is 2. The maximum atomic E-state index is 9.72. The van der Waals surface area contributed by atoms with Gasteiger partial charge in [0.15, 0.2) is 22.5 Å². The molecule has 102 valence electrons. The lowest BCUT2D eigenvalue weighted by atomic mass is 10.2. The third-order valence-electron chi connectivity index (χ3n) is 3.68. The van der Waals surface area contributed by atoms with Crippen LogP contribution in [-0.4, -0.2) is 16.8 Å². The van der Waals surface area contributed by atoms with E-state index >= 15 is 0 Å². The van der Waals surface area contributed by atoms with Crippen molar-refractivity contribution in [1.29, 1.82) is 0 Å². The minimum atomic E-state index is 0.151. The smallest absolute Gasteiger partial charge is 0.289 e. The van der Waals surface area contributed by atoms with Gasteiger partial charge in [0.25, 0.3) is 5.82 Å². The summed E-state index contributed by atoms with van der Waals surface area (Å²) < 4.78 is 9.47. The summed E-state index contributed by atoms with van der Waals surface area (Å²) in [6, 6.07) is 13.7. The lowest BCUT2D eigenvalue weighted by Crippen LogP contribution is -2.29. The molecule has 1 heterocycles. The molecule has 0 amide bonds. The molecule has 0 aliphatic carbocycles. The Labute approximate surface area is 117 Å². The number of aromatic nitrogens is 2. The molecule has 0 bridgehead atoms. The number of aromatic hydroxyl groups is 1. The molecular weight excluding hydrogens is 252 g/mol. The predicted octanol–water partition coefficient (Wildman–Crippen LogP) is 2.38. The fourth-order valence-electron chi connectivity index (χ4n) is 2.69. The van der Waals surface area contributed by atoms with Crippen LogP contribution in [0.25, 0.3) is 22.4 Å². The number of phenolic OH excluding ortho intramolecular Hbond substituents is 1. The van der Waals surface area contributed by atoms with E-state index in [1.165, 1.54) is 0 Å². The molecule has 1 N–H and O–H groups in total. The maximum Gasteiger partial charge on any atom is 0.289 e. The van der Waals surface area contributed by atoms with Gasteiger partial charge in [-0.05, 0) is 30.3 Å². The molecule has 0 saturated heterocycles. The Bertz CT molecular complexity index is 752. The van der Waals surface area contributed by atoms with E-state index in [0.29, 0.717) is 5.75 Å². The monoisotopic (exact) mass is 269 g/mol. The summed E-state index contributed by atoms with van der Waals surface area (Å²) in [5, 5.41) is 9.72. The van der Waals surface area contributed by atoms with Crippen molar-refractivity contribution in [2.45, 2.75) is 0 Å². The summed E-state index contributed by atoms with van der Waals surface area (Å²) in [6.07, 6.45) is 0. The van der Waals surface area contributed by atoms with E-state index < -0.39 is 0 Å². The Hall–Kier alpha value is -2.49. The first-order valence-corrected chi connectivity index (χ1v) is 6.44. The van der Waals surface area contributed by atoms with Gasteiger partial charge in [-0.15, -0.1) is 0 Å².